The van der Waals surface area contributed by atoms with Gasteiger partial charge in [-0.1, -0.05) is 23.7 Å². The van der Waals surface area contributed by atoms with Crippen LogP contribution in [-0.4, -0.2) is 18.3 Å². The van der Waals surface area contributed by atoms with Crippen LogP contribution < -0.4 is 5.46 Å². The van der Waals surface area contributed by atoms with Gasteiger partial charge in [0.25, 0.3) is 0 Å². The van der Waals surface area contributed by atoms with E-state index in [9.17, 15) is 0 Å². The van der Waals surface area contributed by atoms with Gasteiger partial charge in [-0.25, -0.2) is 0 Å². The lowest BCUT2D eigenvalue weighted by atomic mass is 9.76. The van der Waals surface area contributed by atoms with E-state index in [4.69, 9.17) is 28.1 Å². The summed E-state index contributed by atoms with van der Waals surface area (Å²) in [4.78, 5) is 0. The molecule has 0 bridgehead atoms. The molecule has 1 aromatic heterocycles. The lowest BCUT2D eigenvalue weighted by Gasteiger charge is -2.32. The van der Waals surface area contributed by atoms with Crippen molar-refractivity contribution in [1.29, 1.82) is 0 Å². The number of hydrogen-bond donors (Lipinski definition) is 0. The van der Waals surface area contributed by atoms with Crippen LogP contribution in [0.2, 0.25) is 5.02 Å². The Morgan fingerprint density at radius 3 is 2.43 bits per heavy atom. The summed E-state index contributed by atoms with van der Waals surface area (Å²) in [5.41, 5.74) is 0.625. The molecule has 0 unspecified atom stereocenters. The molecule has 0 aliphatic carbocycles. The minimum atomic E-state index is -0.685. The summed E-state index contributed by atoms with van der Waals surface area (Å²) < 4.78 is 34.7. The summed E-state index contributed by atoms with van der Waals surface area (Å²) in [6, 6.07) is 7.22. The van der Waals surface area contributed by atoms with Gasteiger partial charge in [0.1, 0.15) is 11.2 Å². The van der Waals surface area contributed by atoms with Gasteiger partial charge in [0.15, 0.2) is 0 Å². The highest BCUT2D eigenvalue weighted by molar-refractivity contribution is 6.66. The molecule has 5 heteroatoms. The SMILES string of the molecule is [2H]c1ccc2oc3c([2H])cc(Cl)cc3c2c1B1OC(C)(C)C(C)(C)O1. The van der Waals surface area contributed by atoms with Gasteiger partial charge in [0, 0.05) is 15.8 Å². The number of fused-ring (bicyclic) bond motifs is 3. The summed E-state index contributed by atoms with van der Waals surface area (Å²) in [6.45, 7) is 7.90. The fourth-order valence-electron chi connectivity index (χ4n) is 2.84. The van der Waals surface area contributed by atoms with Crippen LogP contribution in [0.1, 0.15) is 30.4 Å². The molecule has 2 aromatic carbocycles. The number of furan rings is 1. The maximum atomic E-state index is 8.42. The van der Waals surface area contributed by atoms with Crippen LogP contribution >= 0.6 is 11.6 Å². The topological polar surface area (TPSA) is 31.6 Å². The van der Waals surface area contributed by atoms with Gasteiger partial charge in [-0.3, -0.25) is 0 Å². The summed E-state index contributed by atoms with van der Waals surface area (Å²) in [6.07, 6.45) is 0. The van der Waals surface area contributed by atoms with Gasteiger partial charge >= 0.3 is 7.12 Å². The van der Waals surface area contributed by atoms with Crippen molar-refractivity contribution in [3.8, 4) is 0 Å². The quantitative estimate of drug-likeness (QED) is 0.614. The van der Waals surface area contributed by atoms with E-state index in [-0.39, 0.29) is 6.04 Å². The molecule has 4 rings (SSSR count). The number of benzene rings is 2. The summed E-state index contributed by atoms with van der Waals surface area (Å²) >= 11 is 6.15. The minimum Gasteiger partial charge on any atom is -0.456 e. The first-order valence-electron chi connectivity index (χ1n) is 8.58. The molecule has 23 heavy (non-hydrogen) atoms. The van der Waals surface area contributed by atoms with Crippen molar-refractivity contribution in [2.24, 2.45) is 0 Å². The number of hydrogen-bond acceptors (Lipinski definition) is 3. The molecule has 118 valence electrons. The third-order valence-electron chi connectivity index (χ3n) is 4.83. The summed E-state index contributed by atoms with van der Waals surface area (Å²) in [5.74, 6) is 0. The Hall–Kier alpha value is -1.49. The smallest absolute Gasteiger partial charge is 0.456 e. The third-order valence-corrected chi connectivity index (χ3v) is 5.05. The van der Waals surface area contributed by atoms with Crippen LogP contribution in [0.3, 0.4) is 0 Å². The van der Waals surface area contributed by atoms with E-state index in [1.54, 1.807) is 24.3 Å². The summed E-state index contributed by atoms with van der Waals surface area (Å²) in [7, 11) is -0.685. The van der Waals surface area contributed by atoms with E-state index >= 15 is 0 Å². The highest BCUT2D eigenvalue weighted by atomic mass is 35.5. The molecule has 0 saturated carbocycles. The molecule has 1 aliphatic rings. The first-order valence-corrected chi connectivity index (χ1v) is 7.96. The van der Waals surface area contributed by atoms with Gasteiger partial charge in [0.05, 0.1) is 13.9 Å². The van der Waals surface area contributed by atoms with Crippen LogP contribution in [0.4, 0.5) is 0 Å². The predicted molar refractivity (Wildman–Crippen MR) is 94.4 cm³/mol. The normalized spacial score (nSPS) is 21.0. The average Bonchev–Trinajstić information content (AvgIpc) is 2.94. The van der Waals surface area contributed by atoms with E-state index in [0.717, 1.165) is 5.39 Å². The molecule has 1 fully saturated rings. The first-order chi connectivity index (χ1) is 11.6. The fraction of sp³-hybridized carbons (Fsp3) is 0.333. The van der Waals surface area contributed by atoms with E-state index in [1.165, 1.54) is 0 Å². The van der Waals surface area contributed by atoms with Gasteiger partial charge in [-0.2, -0.15) is 0 Å². The molecular formula is C18H18BClO3. The van der Waals surface area contributed by atoms with Gasteiger partial charge in [-0.15, -0.1) is 0 Å². The fourth-order valence-corrected chi connectivity index (χ4v) is 3.01. The molecule has 1 aliphatic heterocycles. The Morgan fingerprint density at radius 2 is 1.74 bits per heavy atom. The molecular weight excluding hydrogens is 310 g/mol. The Morgan fingerprint density at radius 1 is 1.04 bits per heavy atom. The molecule has 2 heterocycles. The zero-order chi connectivity index (χ0) is 18.1. The monoisotopic (exact) mass is 330 g/mol. The first kappa shape index (κ1) is 12.9. The molecule has 1 saturated heterocycles. The lowest BCUT2D eigenvalue weighted by Crippen LogP contribution is -2.41. The second-order valence-corrected chi connectivity index (χ2v) is 7.32. The minimum absolute atomic E-state index is 0.213. The van der Waals surface area contributed by atoms with Crippen molar-refractivity contribution >= 4 is 46.1 Å². The zero-order valence-corrected chi connectivity index (χ0v) is 14.2. The standard InChI is InChI=1S/C18H18BClO3/c1-17(2)18(3,4)23-19(22-17)13-6-5-7-15-16(13)12-10-11(20)8-9-14(12)21-15/h5-10H,1-4H3/i6D,9D. The van der Waals surface area contributed by atoms with Crippen molar-refractivity contribution in [1.82, 2.24) is 0 Å². The molecule has 0 amide bonds. The Kier molecular flexibility index (Phi) is 2.67. The van der Waals surface area contributed by atoms with Crippen LogP contribution in [-0.2, 0) is 9.31 Å². The van der Waals surface area contributed by atoms with Gasteiger partial charge in [-0.05, 0) is 57.4 Å². The lowest BCUT2D eigenvalue weighted by molar-refractivity contribution is 0.00578. The van der Waals surface area contributed by atoms with Crippen molar-refractivity contribution in [2.75, 3.05) is 0 Å². The van der Waals surface area contributed by atoms with E-state index in [1.807, 2.05) is 27.7 Å². The van der Waals surface area contributed by atoms with E-state index < -0.39 is 18.3 Å². The van der Waals surface area contributed by atoms with Crippen LogP contribution in [0.25, 0.3) is 21.9 Å². The van der Waals surface area contributed by atoms with E-state index in [0.29, 0.717) is 33.1 Å². The Bertz CT molecular complexity index is 997. The third kappa shape index (κ3) is 2.20. The summed E-state index contributed by atoms with van der Waals surface area (Å²) in [5, 5.41) is 1.87. The second-order valence-electron chi connectivity index (χ2n) is 6.88. The highest BCUT2D eigenvalue weighted by Crippen LogP contribution is 2.38. The predicted octanol–water partition coefficient (Wildman–Crippen LogP) is 4.54. The second kappa shape index (κ2) is 4.76. The molecule has 3 aromatic rings. The number of rotatable bonds is 1. The number of halogens is 1. The van der Waals surface area contributed by atoms with Crippen LogP contribution in [0.15, 0.2) is 40.8 Å². The molecule has 0 N–H and O–H groups in total. The van der Waals surface area contributed by atoms with Crippen molar-refractivity contribution in [3.05, 3.63) is 41.4 Å². The van der Waals surface area contributed by atoms with Gasteiger partial charge < -0.3 is 13.7 Å². The van der Waals surface area contributed by atoms with Gasteiger partial charge in [0.2, 0.25) is 0 Å². The van der Waals surface area contributed by atoms with E-state index in [2.05, 4.69) is 0 Å². The maximum absolute atomic E-state index is 8.42. The Labute approximate surface area is 143 Å². The van der Waals surface area contributed by atoms with Crippen molar-refractivity contribution in [3.63, 3.8) is 0 Å². The van der Waals surface area contributed by atoms with Crippen LogP contribution in [0, 0.1) is 0 Å². The molecule has 0 spiro atoms. The average molecular weight is 331 g/mol. The Balaban J connectivity index is 2.03. The molecule has 0 radical (unpaired) electrons. The van der Waals surface area contributed by atoms with Crippen LogP contribution in [0.5, 0.6) is 0 Å². The van der Waals surface area contributed by atoms with Crippen molar-refractivity contribution < 1.29 is 16.5 Å². The zero-order valence-electron chi connectivity index (χ0n) is 15.5. The highest BCUT2D eigenvalue weighted by Gasteiger charge is 2.52. The maximum Gasteiger partial charge on any atom is 0.495 e. The largest absolute Gasteiger partial charge is 0.495 e. The molecule has 3 nitrogen and oxygen atoms in total. The van der Waals surface area contributed by atoms with Crippen molar-refractivity contribution in [2.45, 2.75) is 38.9 Å². The molecule has 0 atom stereocenters.